The summed E-state index contributed by atoms with van der Waals surface area (Å²) >= 11 is 1.55. The first-order valence-electron chi connectivity index (χ1n) is 7.03. The molecule has 2 aromatic rings. The molecule has 0 amide bonds. The third-order valence-corrected chi connectivity index (χ3v) is 5.90. The predicted molar refractivity (Wildman–Crippen MR) is 89.6 cm³/mol. The molecule has 2 atom stereocenters. The molecule has 21 heavy (non-hydrogen) atoms. The second-order valence-corrected chi connectivity index (χ2v) is 7.40. The molecular weight excluding hydrogens is 302 g/mol. The molecule has 0 fully saturated rings. The molecular formula is C16H21NO2S2. The van der Waals surface area contributed by atoms with Crippen LogP contribution in [0.15, 0.2) is 46.0 Å². The quantitative estimate of drug-likeness (QED) is 0.806. The van der Waals surface area contributed by atoms with Crippen LogP contribution < -0.4 is 10.1 Å². The van der Waals surface area contributed by atoms with Gasteiger partial charge in [-0.15, -0.1) is 11.3 Å². The van der Waals surface area contributed by atoms with Crippen LogP contribution in [0.25, 0.3) is 0 Å². The van der Waals surface area contributed by atoms with Crippen LogP contribution >= 0.6 is 11.3 Å². The highest BCUT2D eigenvalue weighted by atomic mass is 32.2. The lowest BCUT2D eigenvalue weighted by atomic mass is 10.1. The second kappa shape index (κ2) is 8.32. The van der Waals surface area contributed by atoms with E-state index in [0.717, 1.165) is 28.5 Å². The Morgan fingerprint density at radius 2 is 2.19 bits per heavy atom. The summed E-state index contributed by atoms with van der Waals surface area (Å²) in [6, 6.07) is 11.9. The van der Waals surface area contributed by atoms with Crippen LogP contribution in [-0.4, -0.2) is 23.6 Å². The van der Waals surface area contributed by atoms with Gasteiger partial charge in [-0.05, 0) is 42.1 Å². The van der Waals surface area contributed by atoms with Crippen LogP contribution in [0.2, 0.25) is 0 Å². The zero-order chi connectivity index (χ0) is 15.1. The number of rotatable bonds is 8. The van der Waals surface area contributed by atoms with E-state index in [-0.39, 0.29) is 6.04 Å². The lowest BCUT2D eigenvalue weighted by molar-refractivity contribution is 0.413. The van der Waals surface area contributed by atoms with Gasteiger partial charge in [0.15, 0.2) is 0 Å². The Morgan fingerprint density at radius 1 is 1.33 bits per heavy atom. The molecule has 2 unspecified atom stereocenters. The van der Waals surface area contributed by atoms with E-state index >= 15 is 0 Å². The van der Waals surface area contributed by atoms with E-state index in [1.165, 1.54) is 0 Å². The molecule has 0 bridgehead atoms. The molecule has 114 valence electrons. The van der Waals surface area contributed by atoms with Gasteiger partial charge in [0.2, 0.25) is 0 Å². The first-order valence-corrected chi connectivity index (χ1v) is 9.23. The molecule has 0 aliphatic heterocycles. The van der Waals surface area contributed by atoms with Crippen molar-refractivity contribution in [3.63, 3.8) is 0 Å². The van der Waals surface area contributed by atoms with Gasteiger partial charge in [0.1, 0.15) is 5.75 Å². The Labute approximate surface area is 132 Å². The van der Waals surface area contributed by atoms with Gasteiger partial charge in [0.05, 0.1) is 22.1 Å². The molecule has 1 N–H and O–H groups in total. The minimum Gasteiger partial charge on any atom is -0.497 e. The molecule has 5 heteroatoms. The maximum absolute atomic E-state index is 12.5. The summed E-state index contributed by atoms with van der Waals surface area (Å²) in [5.74, 6) is 1.41. The maximum Gasteiger partial charge on any atom is 0.119 e. The number of hydrogen-bond donors (Lipinski definition) is 1. The SMILES string of the molecule is CCCNC(CS(=O)c1cccs1)c1cccc(OC)c1. The van der Waals surface area contributed by atoms with E-state index in [0.29, 0.717) is 5.75 Å². The highest BCUT2D eigenvalue weighted by Crippen LogP contribution is 2.23. The number of nitrogens with one attached hydrogen (secondary N) is 1. The number of hydrogen-bond acceptors (Lipinski definition) is 4. The Kier molecular flexibility index (Phi) is 6.42. The van der Waals surface area contributed by atoms with Gasteiger partial charge in [-0.2, -0.15) is 0 Å². The minimum atomic E-state index is -0.980. The predicted octanol–water partition coefficient (Wildman–Crippen LogP) is 3.61. The molecule has 0 radical (unpaired) electrons. The van der Waals surface area contributed by atoms with Crippen molar-refractivity contribution >= 4 is 22.1 Å². The van der Waals surface area contributed by atoms with E-state index in [1.807, 2.05) is 35.7 Å². The van der Waals surface area contributed by atoms with Crippen LogP contribution in [-0.2, 0) is 10.8 Å². The average Bonchev–Trinajstić information content (AvgIpc) is 3.05. The minimum absolute atomic E-state index is 0.0722. The monoisotopic (exact) mass is 323 g/mol. The van der Waals surface area contributed by atoms with Crippen LogP contribution in [0.3, 0.4) is 0 Å². The number of ether oxygens (including phenoxy) is 1. The first-order chi connectivity index (χ1) is 10.2. The van der Waals surface area contributed by atoms with Gasteiger partial charge >= 0.3 is 0 Å². The largest absolute Gasteiger partial charge is 0.497 e. The lowest BCUT2D eigenvalue weighted by Gasteiger charge is -2.19. The molecule has 0 aliphatic carbocycles. The van der Waals surface area contributed by atoms with Crippen LogP contribution in [0, 0.1) is 0 Å². The van der Waals surface area contributed by atoms with E-state index in [9.17, 15) is 4.21 Å². The molecule has 1 aromatic carbocycles. The molecule has 3 nitrogen and oxygen atoms in total. The van der Waals surface area contributed by atoms with Crippen LogP contribution in [0.1, 0.15) is 24.9 Å². The molecule has 0 spiro atoms. The van der Waals surface area contributed by atoms with Crippen LogP contribution in [0.5, 0.6) is 5.75 Å². The third-order valence-electron chi connectivity index (χ3n) is 3.17. The summed E-state index contributed by atoms with van der Waals surface area (Å²) in [7, 11) is 0.684. The Morgan fingerprint density at radius 3 is 2.86 bits per heavy atom. The summed E-state index contributed by atoms with van der Waals surface area (Å²) in [4.78, 5) is 0. The standard InChI is InChI=1S/C16H21NO2S2/c1-3-9-17-15(12-21(18)16-8-5-10-20-16)13-6-4-7-14(11-13)19-2/h4-8,10-11,15,17H,3,9,12H2,1-2H3. The fraction of sp³-hybridized carbons (Fsp3) is 0.375. The molecule has 0 saturated carbocycles. The summed E-state index contributed by atoms with van der Waals surface area (Å²) < 4.78 is 18.7. The topological polar surface area (TPSA) is 38.3 Å². The highest BCUT2D eigenvalue weighted by molar-refractivity contribution is 7.87. The smallest absolute Gasteiger partial charge is 0.119 e. The molecule has 1 aromatic heterocycles. The summed E-state index contributed by atoms with van der Waals surface area (Å²) in [5.41, 5.74) is 1.12. The molecule has 0 saturated heterocycles. The van der Waals surface area contributed by atoms with E-state index < -0.39 is 10.8 Å². The number of methoxy groups -OCH3 is 1. The fourth-order valence-electron chi connectivity index (χ4n) is 2.08. The Balaban J connectivity index is 2.15. The third kappa shape index (κ3) is 4.66. The zero-order valence-corrected chi connectivity index (χ0v) is 14.0. The molecule has 2 rings (SSSR count). The molecule has 0 aliphatic rings. The highest BCUT2D eigenvalue weighted by Gasteiger charge is 2.16. The normalized spacial score (nSPS) is 13.8. The van der Waals surface area contributed by atoms with Gasteiger partial charge in [-0.25, -0.2) is 0 Å². The number of thiophene rings is 1. The van der Waals surface area contributed by atoms with E-state index in [4.69, 9.17) is 4.74 Å². The average molecular weight is 323 g/mol. The van der Waals surface area contributed by atoms with Crippen molar-refractivity contribution in [1.82, 2.24) is 5.32 Å². The number of benzene rings is 1. The van der Waals surface area contributed by atoms with Gasteiger partial charge in [0, 0.05) is 11.8 Å². The zero-order valence-electron chi connectivity index (χ0n) is 12.4. The van der Waals surface area contributed by atoms with Crippen molar-refractivity contribution < 1.29 is 8.95 Å². The van der Waals surface area contributed by atoms with Gasteiger partial charge in [-0.1, -0.05) is 25.1 Å². The fourth-order valence-corrected chi connectivity index (χ4v) is 4.33. The van der Waals surface area contributed by atoms with Crippen molar-refractivity contribution in [3.8, 4) is 5.75 Å². The first kappa shape index (κ1) is 16.2. The van der Waals surface area contributed by atoms with E-state index in [1.54, 1.807) is 18.4 Å². The summed E-state index contributed by atoms with van der Waals surface area (Å²) in [6.07, 6.45) is 1.05. The van der Waals surface area contributed by atoms with Gasteiger partial charge in [-0.3, -0.25) is 4.21 Å². The van der Waals surface area contributed by atoms with Crippen molar-refractivity contribution in [2.75, 3.05) is 19.4 Å². The van der Waals surface area contributed by atoms with Crippen molar-refractivity contribution in [2.45, 2.75) is 23.6 Å². The van der Waals surface area contributed by atoms with Gasteiger partial charge in [0.25, 0.3) is 0 Å². The van der Waals surface area contributed by atoms with Gasteiger partial charge < -0.3 is 10.1 Å². The Hall–Kier alpha value is -1.17. The van der Waals surface area contributed by atoms with Crippen molar-refractivity contribution in [1.29, 1.82) is 0 Å². The lowest BCUT2D eigenvalue weighted by Crippen LogP contribution is -2.27. The maximum atomic E-state index is 12.5. The molecule has 1 heterocycles. The summed E-state index contributed by atoms with van der Waals surface area (Å²) in [5, 5.41) is 5.45. The summed E-state index contributed by atoms with van der Waals surface area (Å²) in [6.45, 7) is 3.04. The van der Waals surface area contributed by atoms with Crippen molar-refractivity contribution in [3.05, 3.63) is 47.3 Å². The van der Waals surface area contributed by atoms with Crippen LogP contribution in [0.4, 0.5) is 0 Å². The Bertz CT molecular complexity index is 569. The van der Waals surface area contributed by atoms with Crippen molar-refractivity contribution in [2.24, 2.45) is 0 Å². The second-order valence-electron chi connectivity index (χ2n) is 4.73. The van der Waals surface area contributed by atoms with E-state index in [2.05, 4.69) is 18.3 Å².